The standard InChI is InChI=1S/C36H46N4O6/c1-6-24(2)31(34(43)38-29(32(37)41)21-25-13-9-7-10-14-25)40-33(42)30(39-35(44)46-36(3,4)5)22-26-17-19-28(20-18-26)45-23-27-15-11-8-12-16-27/h7-20,24,29-31H,6,21-23H2,1-5H3,(H2,37,41)(H,38,43)(H,39,44)(H,40,42)/t24-,29+,30-,31-/m0/s1. The first-order chi connectivity index (χ1) is 21.8. The molecule has 0 aliphatic carbocycles. The van der Waals surface area contributed by atoms with Gasteiger partial charge in [-0.3, -0.25) is 14.4 Å². The Balaban J connectivity index is 1.76. The van der Waals surface area contributed by atoms with Gasteiger partial charge in [-0.15, -0.1) is 0 Å². The van der Waals surface area contributed by atoms with Crippen LogP contribution in [0.5, 0.6) is 5.75 Å². The summed E-state index contributed by atoms with van der Waals surface area (Å²) in [6.07, 6.45) is 0.123. The van der Waals surface area contributed by atoms with Gasteiger partial charge in [-0.05, 0) is 55.5 Å². The fraction of sp³-hybridized carbons (Fsp3) is 0.389. The number of amides is 4. The first kappa shape index (κ1) is 35.6. The molecule has 0 aliphatic rings. The number of carbonyl (C=O) groups excluding carboxylic acids is 4. The molecular formula is C36H46N4O6. The van der Waals surface area contributed by atoms with Gasteiger partial charge in [0, 0.05) is 12.8 Å². The van der Waals surface area contributed by atoms with E-state index in [1.54, 1.807) is 32.9 Å². The zero-order valence-corrected chi connectivity index (χ0v) is 27.2. The third-order valence-electron chi connectivity index (χ3n) is 7.35. The van der Waals surface area contributed by atoms with Crippen LogP contribution in [0, 0.1) is 5.92 Å². The maximum atomic E-state index is 13.7. The number of carbonyl (C=O) groups is 4. The average Bonchev–Trinajstić information content (AvgIpc) is 3.02. The zero-order valence-electron chi connectivity index (χ0n) is 27.2. The number of hydrogen-bond donors (Lipinski definition) is 4. The first-order valence-corrected chi connectivity index (χ1v) is 15.5. The number of primary amides is 1. The molecular weight excluding hydrogens is 584 g/mol. The van der Waals surface area contributed by atoms with Gasteiger partial charge >= 0.3 is 6.09 Å². The molecule has 0 saturated heterocycles. The Kier molecular flexibility index (Phi) is 13.2. The molecule has 0 aliphatic heterocycles. The Morgan fingerprint density at radius 1 is 0.717 bits per heavy atom. The van der Waals surface area contributed by atoms with E-state index in [2.05, 4.69) is 16.0 Å². The molecule has 4 atom stereocenters. The van der Waals surface area contributed by atoms with Crippen LogP contribution in [-0.4, -0.2) is 47.5 Å². The molecule has 46 heavy (non-hydrogen) atoms. The van der Waals surface area contributed by atoms with Gasteiger partial charge < -0.3 is 31.2 Å². The highest BCUT2D eigenvalue weighted by Gasteiger charge is 2.32. The highest BCUT2D eigenvalue weighted by Crippen LogP contribution is 2.17. The van der Waals surface area contributed by atoms with Crippen molar-refractivity contribution in [1.29, 1.82) is 0 Å². The van der Waals surface area contributed by atoms with Crippen molar-refractivity contribution in [3.63, 3.8) is 0 Å². The van der Waals surface area contributed by atoms with Gasteiger partial charge in [-0.1, -0.05) is 93.1 Å². The topological polar surface area (TPSA) is 149 Å². The third-order valence-corrected chi connectivity index (χ3v) is 7.35. The van der Waals surface area contributed by atoms with E-state index in [1.165, 1.54) is 0 Å². The van der Waals surface area contributed by atoms with Crippen molar-refractivity contribution in [3.8, 4) is 5.75 Å². The average molecular weight is 631 g/mol. The van der Waals surface area contributed by atoms with Crippen LogP contribution in [0.2, 0.25) is 0 Å². The normalized spacial score (nSPS) is 13.8. The smallest absolute Gasteiger partial charge is 0.408 e. The van der Waals surface area contributed by atoms with Crippen LogP contribution in [0.4, 0.5) is 4.79 Å². The summed E-state index contributed by atoms with van der Waals surface area (Å²) in [6, 6.07) is 23.2. The number of nitrogens with two attached hydrogens (primary N) is 1. The van der Waals surface area contributed by atoms with Crippen molar-refractivity contribution in [2.75, 3.05) is 0 Å². The van der Waals surface area contributed by atoms with E-state index < -0.39 is 47.5 Å². The molecule has 0 spiro atoms. The molecule has 0 fully saturated rings. The molecule has 246 valence electrons. The van der Waals surface area contributed by atoms with Crippen LogP contribution in [0.15, 0.2) is 84.9 Å². The highest BCUT2D eigenvalue weighted by molar-refractivity contribution is 5.94. The Bertz CT molecular complexity index is 1420. The van der Waals surface area contributed by atoms with Gasteiger partial charge in [0.25, 0.3) is 0 Å². The minimum Gasteiger partial charge on any atom is -0.489 e. The highest BCUT2D eigenvalue weighted by atomic mass is 16.6. The third kappa shape index (κ3) is 11.9. The number of hydrogen-bond acceptors (Lipinski definition) is 6. The number of nitrogens with one attached hydrogen (secondary N) is 3. The van der Waals surface area contributed by atoms with Crippen molar-refractivity contribution in [2.45, 2.75) is 84.2 Å². The van der Waals surface area contributed by atoms with E-state index in [-0.39, 0.29) is 18.8 Å². The minimum absolute atomic E-state index is 0.122. The molecule has 5 N–H and O–H groups in total. The van der Waals surface area contributed by atoms with Gasteiger partial charge in [0.15, 0.2) is 0 Å². The molecule has 10 nitrogen and oxygen atoms in total. The lowest BCUT2D eigenvalue weighted by molar-refractivity contribution is -0.133. The quantitative estimate of drug-likeness (QED) is 0.195. The molecule has 0 bridgehead atoms. The molecule has 4 amide bonds. The molecule has 0 unspecified atom stereocenters. The van der Waals surface area contributed by atoms with Gasteiger partial charge in [-0.25, -0.2) is 4.79 Å². The van der Waals surface area contributed by atoms with Crippen LogP contribution in [0.25, 0.3) is 0 Å². The molecule has 3 aromatic carbocycles. The van der Waals surface area contributed by atoms with Crippen LogP contribution < -0.4 is 26.4 Å². The number of benzene rings is 3. The zero-order chi connectivity index (χ0) is 33.7. The Morgan fingerprint density at radius 3 is 1.80 bits per heavy atom. The summed E-state index contributed by atoms with van der Waals surface area (Å²) in [5.41, 5.74) is 7.46. The Hall–Kier alpha value is -4.86. The van der Waals surface area contributed by atoms with Gasteiger partial charge in [0.2, 0.25) is 17.7 Å². The maximum Gasteiger partial charge on any atom is 0.408 e. The fourth-order valence-electron chi connectivity index (χ4n) is 4.65. The second kappa shape index (κ2) is 17.0. The molecule has 0 radical (unpaired) electrons. The van der Waals surface area contributed by atoms with Crippen LogP contribution in [-0.2, 0) is 38.6 Å². The summed E-state index contributed by atoms with van der Waals surface area (Å²) in [4.78, 5) is 52.3. The van der Waals surface area contributed by atoms with E-state index >= 15 is 0 Å². The SMILES string of the molecule is CC[C@H](C)[C@H](NC(=O)[C@H](Cc1ccc(OCc2ccccc2)cc1)NC(=O)OC(C)(C)C)C(=O)N[C@H](Cc1ccccc1)C(N)=O. The number of ether oxygens (including phenoxy) is 2. The first-order valence-electron chi connectivity index (χ1n) is 15.5. The summed E-state index contributed by atoms with van der Waals surface area (Å²) < 4.78 is 11.3. The van der Waals surface area contributed by atoms with Crippen molar-refractivity contribution in [2.24, 2.45) is 11.7 Å². The lowest BCUT2D eigenvalue weighted by atomic mass is 9.96. The fourth-order valence-corrected chi connectivity index (χ4v) is 4.65. The molecule has 3 rings (SSSR count). The summed E-state index contributed by atoms with van der Waals surface area (Å²) in [7, 11) is 0. The van der Waals surface area contributed by atoms with Crippen LogP contribution in [0.1, 0.15) is 57.7 Å². The minimum atomic E-state index is -1.07. The lowest BCUT2D eigenvalue weighted by Gasteiger charge is -2.28. The largest absolute Gasteiger partial charge is 0.489 e. The van der Waals surface area contributed by atoms with E-state index in [9.17, 15) is 19.2 Å². The lowest BCUT2D eigenvalue weighted by Crippen LogP contribution is -2.59. The van der Waals surface area contributed by atoms with E-state index in [1.807, 2.05) is 86.6 Å². The van der Waals surface area contributed by atoms with E-state index in [4.69, 9.17) is 15.2 Å². The van der Waals surface area contributed by atoms with Gasteiger partial charge in [0.1, 0.15) is 36.1 Å². The predicted octanol–water partition coefficient (Wildman–Crippen LogP) is 4.45. The Labute approximate surface area is 271 Å². The van der Waals surface area contributed by atoms with E-state index in [0.29, 0.717) is 18.8 Å². The molecule has 10 heteroatoms. The summed E-state index contributed by atoms with van der Waals surface area (Å²) in [6.45, 7) is 9.31. The summed E-state index contributed by atoms with van der Waals surface area (Å²) in [5, 5.41) is 8.20. The predicted molar refractivity (Wildman–Crippen MR) is 177 cm³/mol. The van der Waals surface area contributed by atoms with Crippen molar-refractivity contribution in [3.05, 3.63) is 102 Å². The monoisotopic (exact) mass is 630 g/mol. The number of alkyl carbamates (subject to hydrolysis) is 1. The van der Waals surface area contributed by atoms with Crippen molar-refractivity contribution in [1.82, 2.24) is 16.0 Å². The van der Waals surface area contributed by atoms with E-state index in [0.717, 1.165) is 16.7 Å². The summed E-state index contributed by atoms with van der Waals surface area (Å²) in [5.74, 6) is -1.45. The van der Waals surface area contributed by atoms with Crippen LogP contribution >= 0.6 is 0 Å². The second-order valence-electron chi connectivity index (χ2n) is 12.3. The summed E-state index contributed by atoms with van der Waals surface area (Å²) >= 11 is 0. The van der Waals surface area contributed by atoms with Crippen molar-refractivity contribution >= 4 is 23.8 Å². The molecule has 0 saturated carbocycles. The van der Waals surface area contributed by atoms with Crippen molar-refractivity contribution < 1.29 is 28.7 Å². The second-order valence-corrected chi connectivity index (χ2v) is 12.3. The Morgan fingerprint density at radius 2 is 1.26 bits per heavy atom. The number of rotatable bonds is 15. The van der Waals surface area contributed by atoms with Gasteiger partial charge in [0.05, 0.1) is 0 Å². The van der Waals surface area contributed by atoms with Gasteiger partial charge in [-0.2, -0.15) is 0 Å². The maximum absolute atomic E-state index is 13.7. The van der Waals surface area contributed by atoms with Crippen LogP contribution in [0.3, 0.4) is 0 Å². The molecule has 0 aromatic heterocycles. The molecule has 3 aromatic rings. The molecule has 0 heterocycles.